The minimum absolute atomic E-state index is 0.0582. The summed E-state index contributed by atoms with van der Waals surface area (Å²) in [6, 6.07) is 9.23. The zero-order valence-electron chi connectivity index (χ0n) is 14.2. The standard InChI is InChI=1S/C17H19N3O5S2/c18-10-4-5-12-8-9-15(26-12)16(21)19-11-14(17(22)23)20-27(24,25)13-6-2-1-3-7-13/h1-9,14,20H,10-11,18H2,(H,19,21)(H,22,23)/b5-4+. The molecule has 1 aromatic carbocycles. The first-order valence-electron chi connectivity index (χ1n) is 7.88. The van der Waals surface area contributed by atoms with Crippen molar-refractivity contribution in [3.63, 3.8) is 0 Å². The van der Waals surface area contributed by atoms with Gasteiger partial charge in [-0.15, -0.1) is 11.3 Å². The van der Waals surface area contributed by atoms with Crippen molar-refractivity contribution in [3.05, 3.63) is 58.3 Å². The highest BCUT2D eigenvalue weighted by atomic mass is 32.2. The van der Waals surface area contributed by atoms with Gasteiger partial charge in [0.15, 0.2) is 0 Å². The SMILES string of the molecule is NC/C=C/c1ccc(C(=O)NCC(NS(=O)(=O)c2ccccc2)C(=O)O)s1. The van der Waals surface area contributed by atoms with Crippen molar-refractivity contribution in [2.24, 2.45) is 5.73 Å². The molecule has 0 saturated carbocycles. The summed E-state index contributed by atoms with van der Waals surface area (Å²) in [5.41, 5.74) is 5.37. The Hall–Kier alpha value is -2.53. The Bertz CT molecular complexity index is 923. The van der Waals surface area contributed by atoms with Crippen molar-refractivity contribution >= 4 is 39.3 Å². The van der Waals surface area contributed by atoms with Crippen LogP contribution < -0.4 is 15.8 Å². The van der Waals surface area contributed by atoms with Crippen LogP contribution in [0.1, 0.15) is 14.5 Å². The molecule has 0 aliphatic rings. The molecule has 144 valence electrons. The molecule has 8 nitrogen and oxygen atoms in total. The topological polar surface area (TPSA) is 139 Å². The van der Waals surface area contributed by atoms with Crippen LogP contribution in [0.15, 0.2) is 53.4 Å². The Balaban J connectivity index is 2.02. The van der Waals surface area contributed by atoms with Crippen LogP contribution in [0.5, 0.6) is 0 Å². The zero-order chi connectivity index (χ0) is 19.9. The largest absolute Gasteiger partial charge is 0.480 e. The van der Waals surface area contributed by atoms with Crippen LogP contribution >= 0.6 is 11.3 Å². The number of hydrogen-bond acceptors (Lipinski definition) is 6. The maximum atomic E-state index is 12.3. The van der Waals surface area contributed by atoms with Gasteiger partial charge in [0.25, 0.3) is 5.91 Å². The van der Waals surface area contributed by atoms with Gasteiger partial charge in [-0.1, -0.05) is 24.3 Å². The number of hydrogen-bond donors (Lipinski definition) is 4. The monoisotopic (exact) mass is 409 g/mol. The van der Waals surface area contributed by atoms with Crippen LogP contribution in [-0.2, 0) is 14.8 Å². The Morgan fingerprint density at radius 2 is 1.89 bits per heavy atom. The van der Waals surface area contributed by atoms with E-state index in [-0.39, 0.29) is 4.90 Å². The second-order valence-electron chi connectivity index (χ2n) is 5.38. The molecule has 0 radical (unpaired) electrons. The Morgan fingerprint density at radius 1 is 1.19 bits per heavy atom. The van der Waals surface area contributed by atoms with Gasteiger partial charge >= 0.3 is 5.97 Å². The molecule has 27 heavy (non-hydrogen) atoms. The maximum absolute atomic E-state index is 12.3. The number of carbonyl (C=O) groups excluding carboxylic acids is 1. The third-order valence-electron chi connectivity index (χ3n) is 3.38. The van der Waals surface area contributed by atoms with E-state index in [1.54, 1.807) is 30.4 Å². The molecule has 0 aliphatic heterocycles. The third kappa shape index (κ3) is 6.00. The van der Waals surface area contributed by atoms with Gasteiger partial charge in [0.05, 0.1) is 9.77 Å². The minimum atomic E-state index is -4.02. The molecular weight excluding hydrogens is 390 g/mol. The van der Waals surface area contributed by atoms with Crippen LogP contribution in [0, 0.1) is 0 Å². The van der Waals surface area contributed by atoms with Crippen molar-refractivity contribution in [1.82, 2.24) is 10.0 Å². The third-order valence-corrected chi connectivity index (χ3v) is 5.92. The molecule has 0 aliphatic carbocycles. The lowest BCUT2D eigenvalue weighted by molar-refractivity contribution is -0.138. The van der Waals surface area contributed by atoms with E-state index in [0.717, 1.165) is 4.88 Å². The molecule has 1 atom stereocenters. The molecule has 1 heterocycles. The normalized spacial score (nSPS) is 12.8. The number of carboxylic acids is 1. The van der Waals surface area contributed by atoms with Crippen LogP contribution in [-0.4, -0.2) is 44.5 Å². The van der Waals surface area contributed by atoms with Crippen LogP contribution in [0.4, 0.5) is 0 Å². The second kappa shape index (κ2) is 9.42. The van der Waals surface area contributed by atoms with E-state index in [1.807, 2.05) is 0 Å². The van der Waals surface area contributed by atoms with Gasteiger partial charge in [0.2, 0.25) is 10.0 Å². The average molecular weight is 409 g/mol. The number of amides is 1. The van der Waals surface area contributed by atoms with Crippen LogP contribution in [0.2, 0.25) is 0 Å². The average Bonchev–Trinajstić information content (AvgIpc) is 3.12. The highest BCUT2D eigenvalue weighted by Gasteiger charge is 2.26. The molecule has 0 fully saturated rings. The number of thiophene rings is 1. The number of carboxylic acid groups (broad SMARTS) is 1. The smallest absolute Gasteiger partial charge is 0.323 e. The Labute approximate surface area is 160 Å². The molecule has 0 spiro atoms. The quantitative estimate of drug-likeness (QED) is 0.485. The second-order valence-corrected chi connectivity index (χ2v) is 8.20. The van der Waals surface area contributed by atoms with Crippen LogP contribution in [0.25, 0.3) is 6.08 Å². The lowest BCUT2D eigenvalue weighted by Gasteiger charge is -2.15. The number of aliphatic carboxylic acids is 1. The van der Waals surface area contributed by atoms with Gasteiger partial charge < -0.3 is 16.2 Å². The lowest BCUT2D eigenvalue weighted by Crippen LogP contribution is -2.48. The highest BCUT2D eigenvalue weighted by molar-refractivity contribution is 7.89. The summed E-state index contributed by atoms with van der Waals surface area (Å²) in [6.07, 6.45) is 3.52. The predicted octanol–water partition coefficient (Wildman–Crippen LogP) is 0.881. The molecule has 1 aromatic heterocycles. The molecule has 5 N–H and O–H groups in total. The Kier molecular flexibility index (Phi) is 7.25. The van der Waals surface area contributed by atoms with Crippen LogP contribution in [0.3, 0.4) is 0 Å². The predicted molar refractivity (Wildman–Crippen MR) is 103 cm³/mol. The van der Waals surface area contributed by atoms with E-state index in [1.165, 1.54) is 35.6 Å². The first-order valence-corrected chi connectivity index (χ1v) is 10.2. The van der Waals surface area contributed by atoms with Crippen molar-refractivity contribution in [1.29, 1.82) is 0 Å². The number of sulfonamides is 1. The maximum Gasteiger partial charge on any atom is 0.323 e. The number of nitrogens with two attached hydrogens (primary N) is 1. The summed E-state index contributed by atoms with van der Waals surface area (Å²) in [5.74, 6) is -1.88. The van der Waals surface area contributed by atoms with Gasteiger partial charge in [-0.3, -0.25) is 9.59 Å². The Morgan fingerprint density at radius 3 is 2.52 bits per heavy atom. The number of carbonyl (C=O) groups is 2. The van der Waals surface area contributed by atoms with Gasteiger partial charge in [-0.25, -0.2) is 8.42 Å². The number of rotatable bonds is 9. The number of nitrogens with one attached hydrogen (secondary N) is 2. The first-order chi connectivity index (χ1) is 12.8. The van der Waals surface area contributed by atoms with E-state index in [0.29, 0.717) is 11.4 Å². The summed E-state index contributed by atoms with van der Waals surface area (Å²) in [4.78, 5) is 24.7. The van der Waals surface area contributed by atoms with Crippen molar-refractivity contribution in [2.45, 2.75) is 10.9 Å². The summed E-state index contributed by atoms with van der Waals surface area (Å²) < 4.78 is 26.6. The first kappa shape index (κ1) is 20.8. The van der Waals surface area contributed by atoms with E-state index >= 15 is 0 Å². The summed E-state index contributed by atoms with van der Waals surface area (Å²) in [5, 5.41) is 11.7. The summed E-state index contributed by atoms with van der Waals surface area (Å²) >= 11 is 1.21. The summed E-state index contributed by atoms with van der Waals surface area (Å²) in [7, 11) is -4.02. The van der Waals surface area contributed by atoms with Gasteiger partial charge in [-0.2, -0.15) is 4.72 Å². The highest BCUT2D eigenvalue weighted by Crippen LogP contribution is 2.17. The van der Waals surface area contributed by atoms with Gasteiger partial charge in [0.1, 0.15) is 6.04 Å². The van der Waals surface area contributed by atoms with E-state index in [4.69, 9.17) is 5.73 Å². The molecule has 1 amide bonds. The molecule has 0 bridgehead atoms. The number of benzene rings is 1. The van der Waals surface area contributed by atoms with E-state index in [2.05, 4.69) is 10.0 Å². The lowest BCUT2D eigenvalue weighted by atomic mass is 10.3. The van der Waals surface area contributed by atoms with Gasteiger partial charge in [-0.05, 0) is 30.3 Å². The molecule has 2 rings (SSSR count). The molecule has 0 saturated heterocycles. The van der Waals surface area contributed by atoms with Crippen molar-refractivity contribution < 1.29 is 23.1 Å². The molecule has 2 aromatic rings. The van der Waals surface area contributed by atoms with Crippen molar-refractivity contribution in [3.8, 4) is 0 Å². The van der Waals surface area contributed by atoms with E-state index < -0.39 is 34.5 Å². The fourth-order valence-electron chi connectivity index (χ4n) is 2.06. The fraction of sp³-hybridized carbons (Fsp3) is 0.176. The van der Waals surface area contributed by atoms with E-state index in [9.17, 15) is 23.1 Å². The van der Waals surface area contributed by atoms with Crippen molar-refractivity contribution in [2.75, 3.05) is 13.1 Å². The fourth-order valence-corrected chi connectivity index (χ4v) is 4.13. The molecular formula is C17H19N3O5S2. The molecule has 1 unspecified atom stereocenters. The minimum Gasteiger partial charge on any atom is -0.480 e. The zero-order valence-corrected chi connectivity index (χ0v) is 15.8. The summed E-state index contributed by atoms with van der Waals surface area (Å²) in [6.45, 7) is -0.0205. The molecule has 10 heteroatoms. The van der Waals surface area contributed by atoms with Gasteiger partial charge in [0, 0.05) is 18.0 Å².